The first-order chi connectivity index (χ1) is 7.13. The van der Waals surface area contributed by atoms with Gasteiger partial charge in [0.1, 0.15) is 0 Å². The number of rotatable bonds is 2. The summed E-state index contributed by atoms with van der Waals surface area (Å²) in [6.07, 6.45) is 4.92. The van der Waals surface area contributed by atoms with Gasteiger partial charge in [-0.2, -0.15) is 5.26 Å². The number of amides is 1. The summed E-state index contributed by atoms with van der Waals surface area (Å²) < 4.78 is 0. The van der Waals surface area contributed by atoms with E-state index in [1.54, 1.807) is 11.2 Å². The number of nitrogens with zero attached hydrogens (tertiary/aromatic N) is 2. The summed E-state index contributed by atoms with van der Waals surface area (Å²) in [5.41, 5.74) is 0. The lowest BCUT2D eigenvalue weighted by Gasteiger charge is -2.22. The Morgan fingerprint density at radius 1 is 1.73 bits per heavy atom. The molecule has 0 spiro atoms. The molecule has 0 saturated carbocycles. The fourth-order valence-corrected chi connectivity index (χ4v) is 2.32. The molecule has 3 atom stereocenters. The van der Waals surface area contributed by atoms with E-state index in [9.17, 15) is 4.79 Å². The van der Waals surface area contributed by atoms with Crippen LogP contribution in [-0.2, 0) is 0 Å². The van der Waals surface area contributed by atoms with Crippen LogP contribution in [0.1, 0.15) is 20.3 Å². The molecule has 1 fully saturated rings. The van der Waals surface area contributed by atoms with Crippen molar-refractivity contribution in [2.45, 2.75) is 32.4 Å². The van der Waals surface area contributed by atoms with Crippen LogP contribution in [-0.4, -0.2) is 35.0 Å². The predicted octanol–water partition coefficient (Wildman–Crippen LogP) is 1.64. The van der Waals surface area contributed by atoms with Crippen molar-refractivity contribution in [2.75, 3.05) is 12.8 Å². The standard InChI is InChI=1S/C10H17N3OS/c1-4-8-5-13(6-11)7(2)9(8)12-10(14)15-3/h7-9H,4-5H2,1-3H3,(H,12,14). The van der Waals surface area contributed by atoms with Crippen molar-refractivity contribution in [1.29, 1.82) is 5.26 Å². The van der Waals surface area contributed by atoms with E-state index in [2.05, 4.69) is 18.4 Å². The van der Waals surface area contributed by atoms with Gasteiger partial charge in [-0.3, -0.25) is 4.79 Å². The van der Waals surface area contributed by atoms with E-state index in [4.69, 9.17) is 5.26 Å². The highest BCUT2D eigenvalue weighted by atomic mass is 32.2. The second-order valence-corrected chi connectivity index (χ2v) is 4.60. The zero-order chi connectivity index (χ0) is 11.4. The zero-order valence-corrected chi connectivity index (χ0v) is 10.2. The molecule has 3 unspecified atom stereocenters. The van der Waals surface area contributed by atoms with Crippen molar-refractivity contribution in [1.82, 2.24) is 10.2 Å². The number of likely N-dealkylation sites (tertiary alicyclic amines) is 1. The fraction of sp³-hybridized carbons (Fsp3) is 0.800. The van der Waals surface area contributed by atoms with Gasteiger partial charge < -0.3 is 10.2 Å². The number of nitrogens with one attached hydrogen (secondary N) is 1. The molecule has 1 saturated heterocycles. The second-order valence-electron chi connectivity index (χ2n) is 3.82. The SMILES string of the molecule is CCC1CN(C#N)C(C)C1NC(=O)SC. The summed E-state index contributed by atoms with van der Waals surface area (Å²) in [4.78, 5) is 13.1. The Kier molecular flexibility index (Phi) is 4.28. The first-order valence-electron chi connectivity index (χ1n) is 5.14. The first kappa shape index (κ1) is 12.2. The summed E-state index contributed by atoms with van der Waals surface area (Å²) in [7, 11) is 0. The zero-order valence-electron chi connectivity index (χ0n) is 9.36. The largest absolute Gasteiger partial charge is 0.342 e. The fourth-order valence-electron chi connectivity index (χ4n) is 2.07. The average molecular weight is 227 g/mol. The number of carbonyl (C=O) groups excluding carboxylic acids is 1. The van der Waals surface area contributed by atoms with E-state index in [1.165, 1.54) is 11.8 Å². The Balaban J connectivity index is 2.68. The molecule has 15 heavy (non-hydrogen) atoms. The molecule has 1 rings (SSSR count). The predicted molar refractivity (Wildman–Crippen MR) is 61.4 cm³/mol. The molecule has 0 aromatic carbocycles. The van der Waals surface area contributed by atoms with E-state index in [0.717, 1.165) is 13.0 Å². The third-order valence-corrected chi connectivity index (χ3v) is 3.56. The summed E-state index contributed by atoms with van der Waals surface area (Å²) in [5.74, 6) is 0.385. The van der Waals surface area contributed by atoms with Crippen molar-refractivity contribution < 1.29 is 4.79 Å². The molecule has 0 radical (unpaired) electrons. The second kappa shape index (κ2) is 5.26. The van der Waals surface area contributed by atoms with Crippen molar-refractivity contribution >= 4 is 17.0 Å². The molecule has 5 heteroatoms. The van der Waals surface area contributed by atoms with Crippen LogP contribution in [0.5, 0.6) is 0 Å². The van der Waals surface area contributed by atoms with Gasteiger partial charge in [0.2, 0.25) is 0 Å². The quantitative estimate of drug-likeness (QED) is 0.729. The number of hydrogen-bond donors (Lipinski definition) is 1. The molecule has 4 nitrogen and oxygen atoms in total. The van der Waals surface area contributed by atoms with Gasteiger partial charge >= 0.3 is 0 Å². The van der Waals surface area contributed by atoms with Crippen LogP contribution in [0.4, 0.5) is 4.79 Å². The number of hydrogen-bond acceptors (Lipinski definition) is 4. The van der Waals surface area contributed by atoms with Gasteiger partial charge in [0.05, 0.1) is 12.1 Å². The highest BCUT2D eigenvalue weighted by molar-refractivity contribution is 8.12. The molecule has 1 aliphatic rings. The summed E-state index contributed by atoms with van der Waals surface area (Å²) in [5, 5.41) is 11.9. The lowest BCUT2D eigenvalue weighted by Crippen LogP contribution is -2.43. The summed E-state index contributed by atoms with van der Waals surface area (Å²) >= 11 is 1.18. The van der Waals surface area contributed by atoms with Crippen LogP contribution in [0, 0.1) is 17.4 Å². The molecule has 1 amide bonds. The Bertz CT molecular complexity index is 276. The van der Waals surface area contributed by atoms with Crippen molar-refractivity contribution in [3.63, 3.8) is 0 Å². The molecule has 0 aliphatic carbocycles. The average Bonchev–Trinajstić information content (AvgIpc) is 2.55. The molecule has 0 aromatic heterocycles. The maximum absolute atomic E-state index is 11.3. The Hall–Kier alpha value is -0.890. The number of carbonyl (C=O) groups is 1. The van der Waals surface area contributed by atoms with Crippen LogP contribution >= 0.6 is 11.8 Å². The normalized spacial score (nSPS) is 30.0. The van der Waals surface area contributed by atoms with E-state index in [1.807, 2.05) is 6.92 Å². The molecule has 84 valence electrons. The Morgan fingerprint density at radius 2 is 2.40 bits per heavy atom. The lowest BCUT2D eigenvalue weighted by molar-refractivity contribution is 0.251. The van der Waals surface area contributed by atoms with Crippen LogP contribution in [0.25, 0.3) is 0 Å². The molecular weight excluding hydrogens is 210 g/mol. The van der Waals surface area contributed by atoms with Gasteiger partial charge in [0.15, 0.2) is 6.19 Å². The van der Waals surface area contributed by atoms with Crippen LogP contribution < -0.4 is 5.32 Å². The molecule has 0 bridgehead atoms. The minimum Gasteiger partial charge on any atom is -0.342 e. The number of nitriles is 1. The lowest BCUT2D eigenvalue weighted by atomic mass is 9.97. The smallest absolute Gasteiger partial charge is 0.279 e. The van der Waals surface area contributed by atoms with Gasteiger partial charge in [0.25, 0.3) is 5.24 Å². The van der Waals surface area contributed by atoms with Gasteiger partial charge in [-0.05, 0) is 25.5 Å². The van der Waals surface area contributed by atoms with Crippen molar-refractivity contribution in [3.8, 4) is 6.19 Å². The Labute approximate surface area is 95.0 Å². The highest BCUT2D eigenvalue weighted by Gasteiger charge is 2.38. The van der Waals surface area contributed by atoms with Crippen molar-refractivity contribution in [2.24, 2.45) is 5.92 Å². The van der Waals surface area contributed by atoms with Crippen molar-refractivity contribution in [3.05, 3.63) is 0 Å². The van der Waals surface area contributed by atoms with Crippen LogP contribution in [0.3, 0.4) is 0 Å². The summed E-state index contributed by atoms with van der Waals surface area (Å²) in [6, 6.07) is 0.214. The van der Waals surface area contributed by atoms with Gasteiger partial charge in [-0.1, -0.05) is 18.7 Å². The first-order valence-corrected chi connectivity index (χ1v) is 6.37. The highest BCUT2D eigenvalue weighted by Crippen LogP contribution is 2.25. The molecule has 1 N–H and O–H groups in total. The van der Waals surface area contributed by atoms with E-state index < -0.39 is 0 Å². The van der Waals surface area contributed by atoms with Gasteiger partial charge in [-0.25, -0.2) is 0 Å². The third-order valence-electron chi connectivity index (χ3n) is 3.07. The molecular formula is C10H17N3OS. The van der Waals surface area contributed by atoms with E-state index in [0.29, 0.717) is 5.92 Å². The summed E-state index contributed by atoms with van der Waals surface area (Å²) in [6.45, 7) is 4.84. The third kappa shape index (κ3) is 2.57. The van der Waals surface area contributed by atoms with Crippen LogP contribution in [0.2, 0.25) is 0 Å². The van der Waals surface area contributed by atoms with Gasteiger partial charge in [0, 0.05) is 6.54 Å². The van der Waals surface area contributed by atoms with E-state index in [-0.39, 0.29) is 17.3 Å². The topological polar surface area (TPSA) is 56.1 Å². The minimum atomic E-state index is -0.00918. The van der Waals surface area contributed by atoms with E-state index >= 15 is 0 Å². The molecule has 1 heterocycles. The monoisotopic (exact) mass is 227 g/mol. The van der Waals surface area contributed by atoms with Crippen LogP contribution in [0.15, 0.2) is 0 Å². The Morgan fingerprint density at radius 3 is 2.87 bits per heavy atom. The maximum atomic E-state index is 11.3. The maximum Gasteiger partial charge on any atom is 0.279 e. The minimum absolute atomic E-state index is 0.00918. The molecule has 0 aromatic rings. The van der Waals surface area contributed by atoms with Gasteiger partial charge in [-0.15, -0.1) is 0 Å². The molecule has 1 aliphatic heterocycles. The number of thioether (sulfide) groups is 1.